The van der Waals surface area contributed by atoms with E-state index >= 15 is 0 Å². The average Bonchev–Trinajstić information content (AvgIpc) is 2.30. The molecular formula is C13H22N2O. The topological polar surface area (TPSA) is 41.1 Å². The lowest BCUT2D eigenvalue weighted by molar-refractivity contribution is -0.122. The molecule has 3 nitrogen and oxygen atoms in total. The zero-order valence-corrected chi connectivity index (χ0v) is 10.4. The van der Waals surface area contributed by atoms with E-state index in [1.165, 1.54) is 19.3 Å². The van der Waals surface area contributed by atoms with Gasteiger partial charge in [-0.15, -0.1) is 5.92 Å². The van der Waals surface area contributed by atoms with Crippen LogP contribution in [0, 0.1) is 11.8 Å². The predicted molar refractivity (Wildman–Crippen MR) is 66.0 cm³/mol. The smallest absolute Gasteiger partial charge is 0.222 e. The highest BCUT2D eigenvalue weighted by atomic mass is 16.1. The van der Waals surface area contributed by atoms with Crippen LogP contribution in [0.4, 0.5) is 0 Å². The number of hydrogen-bond donors (Lipinski definition) is 2. The van der Waals surface area contributed by atoms with Gasteiger partial charge in [0.1, 0.15) is 0 Å². The van der Waals surface area contributed by atoms with Crippen molar-refractivity contribution >= 4 is 5.91 Å². The maximum Gasteiger partial charge on any atom is 0.222 e. The molecule has 0 saturated heterocycles. The molecule has 0 aromatic rings. The molecule has 1 amide bonds. The van der Waals surface area contributed by atoms with Gasteiger partial charge >= 0.3 is 0 Å². The van der Waals surface area contributed by atoms with Crippen molar-refractivity contribution in [2.75, 3.05) is 13.6 Å². The van der Waals surface area contributed by atoms with Crippen LogP contribution >= 0.6 is 0 Å². The second kappa shape index (κ2) is 6.55. The Morgan fingerprint density at radius 1 is 1.31 bits per heavy atom. The van der Waals surface area contributed by atoms with Crippen molar-refractivity contribution in [3.63, 3.8) is 0 Å². The number of amides is 1. The van der Waals surface area contributed by atoms with Gasteiger partial charge in [0.15, 0.2) is 0 Å². The summed E-state index contributed by atoms with van der Waals surface area (Å²) in [6, 6.07) is 0. The number of nitrogens with one attached hydrogen (secondary N) is 2. The van der Waals surface area contributed by atoms with E-state index in [1.807, 2.05) is 7.05 Å². The van der Waals surface area contributed by atoms with Crippen molar-refractivity contribution in [2.24, 2.45) is 0 Å². The van der Waals surface area contributed by atoms with Crippen LogP contribution in [-0.2, 0) is 4.79 Å². The van der Waals surface area contributed by atoms with E-state index in [1.54, 1.807) is 6.92 Å². The Balaban J connectivity index is 2.41. The Kier molecular flexibility index (Phi) is 5.34. The minimum absolute atomic E-state index is 0.0297. The highest BCUT2D eigenvalue weighted by molar-refractivity contribution is 5.77. The van der Waals surface area contributed by atoms with Crippen LogP contribution in [-0.4, -0.2) is 25.0 Å². The summed E-state index contributed by atoms with van der Waals surface area (Å²) in [5.74, 6) is 5.72. The average molecular weight is 222 g/mol. The molecule has 0 atom stereocenters. The second-order valence-electron chi connectivity index (χ2n) is 4.47. The zero-order chi connectivity index (χ0) is 11.9. The first-order chi connectivity index (χ1) is 7.72. The highest BCUT2D eigenvalue weighted by Crippen LogP contribution is 2.30. The molecule has 90 valence electrons. The molecule has 16 heavy (non-hydrogen) atoms. The summed E-state index contributed by atoms with van der Waals surface area (Å²) < 4.78 is 0. The molecule has 1 rings (SSSR count). The third-order valence-corrected chi connectivity index (χ3v) is 3.39. The van der Waals surface area contributed by atoms with Gasteiger partial charge in [-0.25, -0.2) is 0 Å². The van der Waals surface area contributed by atoms with Gasteiger partial charge in [0.2, 0.25) is 5.91 Å². The quantitative estimate of drug-likeness (QED) is 0.707. The first-order valence-electron chi connectivity index (χ1n) is 6.08. The van der Waals surface area contributed by atoms with Gasteiger partial charge < -0.3 is 10.6 Å². The maximum atomic E-state index is 11.7. The standard InChI is InChI=1S/C13H22N2O/c1-3-4-10-15-12(16)11-13(14-2)8-6-5-7-9-13/h14H,5-11H2,1-2H3,(H,15,16). The lowest BCUT2D eigenvalue weighted by atomic mass is 9.79. The Morgan fingerprint density at radius 3 is 2.56 bits per heavy atom. The minimum Gasteiger partial charge on any atom is -0.345 e. The van der Waals surface area contributed by atoms with Gasteiger partial charge in [-0.2, -0.15) is 0 Å². The van der Waals surface area contributed by atoms with E-state index in [2.05, 4.69) is 22.5 Å². The molecule has 0 spiro atoms. The van der Waals surface area contributed by atoms with E-state index in [-0.39, 0.29) is 11.4 Å². The van der Waals surface area contributed by atoms with Crippen LogP contribution in [0.1, 0.15) is 45.4 Å². The molecule has 3 heteroatoms. The fourth-order valence-electron chi connectivity index (χ4n) is 2.34. The van der Waals surface area contributed by atoms with Crippen LogP contribution < -0.4 is 10.6 Å². The van der Waals surface area contributed by atoms with E-state index < -0.39 is 0 Å². The van der Waals surface area contributed by atoms with E-state index in [4.69, 9.17) is 0 Å². The van der Waals surface area contributed by atoms with Crippen molar-refractivity contribution in [3.8, 4) is 11.8 Å². The minimum atomic E-state index is 0.0297. The van der Waals surface area contributed by atoms with Crippen molar-refractivity contribution in [1.82, 2.24) is 10.6 Å². The van der Waals surface area contributed by atoms with Gasteiger partial charge in [0, 0.05) is 12.0 Å². The molecule has 0 unspecified atom stereocenters. The fraction of sp³-hybridized carbons (Fsp3) is 0.769. The Hall–Kier alpha value is -1.01. The van der Waals surface area contributed by atoms with E-state index in [0.29, 0.717) is 13.0 Å². The normalized spacial score (nSPS) is 18.4. The molecule has 1 fully saturated rings. The summed E-state index contributed by atoms with van der Waals surface area (Å²) >= 11 is 0. The van der Waals surface area contributed by atoms with Crippen LogP contribution in [0.15, 0.2) is 0 Å². The van der Waals surface area contributed by atoms with Gasteiger partial charge in [-0.3, -0.25) is 4.79 Å². The zero-order valence-electron chi connectivity index (χ0n) is 10.4. The molecule has 2 N–H and O–H groups in total. The Bertz CT molecular complexity index is 282. The van der Waals surface area contributed by atoms with E-state index in [0.717, 1.165) is 12.8 Å². The van der Waals surface area contributed by atoms with Crippen LogP contribution in [0.2, 0.25) is 0 Å². The third kappa shape index (κ3) is 3.86. The monoisotopic (exact) mass is 222 g/mol. The summed E-state index contributed by atoms with van der Waals surface area (Å²) in [5, 5.41) is 6.18. The van der Waals surface area contributed by atoms with Gasteiger partial charge in [-0.05, 0) is 26.8 Å². The molecule has 0 aromatic carbocycles. The number of rotatable bonds is 4. The molecule has 0 radical (unpaired) electrons. The molecule has 0 aromatic heterocycles. The molecule has 0 heterocycles. The van der Waals surface area contributed by atoms with Crippen molar-refractivity contribution in [3.05, 3.63) is 0 Å². The summed E-state index contributed by atoms with van der Waals surface area (Å²) in [5.41, 5.74) is 0.0297. The lowest BCUT2D eigenvalue weighted by Crippen LogP contribution is -2.48. The number of carbonyl (C=O) groups excluding carboxylic acids is 1. The van der Waals surface area contributed by atoms with Crippen LogP contribution in [0.5, 0.6) is 0 Å². The fourth-order valence-corrected chi connectivity index (χ4v) is 2.34. The SMILES string of the molecule is CC#CCNC(=O)CC1(NC)CCCCC1. The highest BCUT2D eigenvalue weighted by Gasteiger charge is 2.32. The predicted octanol–water partition coefficient (Wildman–Crippen LogP) is 1.44. The molecule has 1 aliphatic carbocycles. The van der Waals surface area contributed by atoms with E-state index in [9.17, 15) is 4.79 Å². The van der Waals surface area contributed by atoms with Crippen molar-refractivity contribution in [1.29, 1.82) is 0 Å². The molecule has 1 aliphatic rings. The van der Waals surface area contributed by atoms with Gasteiger partial charge in [0.25, 0.3) is 0 Å². The lowest BCUT2D eigenvalue weighted by Gasteiger charge is -2.36. The second-order valence-corrected chi connectivity index (χ2v) is 4.47. The molecule has 1 saturated carbocycles. The van der Waals surface area contributed by atoms with Gasteiger partial charge in [0.05, 0.1) is 6.54 Å². The van der Waals surface area contributed by atoms with Crippen molar-refractivity contribution in [2.45, 2.75) is 51.0 Å². The molecule has 0 bridgehead atoms. The third-order valence-electron chi connectivity index (χ3n) is 3.39. The molecule has 0 aliphatic heterocycles. The van der Waals surface area contributed by atoms with Gasteiger partial charge in [-0.1, -0.05) is 25.2 Å². The molecular weight excluding hydrogens is 200 g/mol. The Morgan fingerprint density at radius 2 is 2.00 bits per heavy atom. The Labute approximate surface area is 98.4 Å². The van der Waals surface area contributed by atoms with Crippen LogP contribution in [0.3, 0.4) is 0 Å². The summed E-state index contributed by atoms with van der Waals surface area (Å²) in [4.78, 5) is 11.7. The first-order valence-corrected chi connectivity index (χ1v) is 6.08. The maximum absolute atomic E-state index is 11.7. The number of hydrogen-bond acceptors (Lipinski definition) is 2. The van der Waals surface area contributed by atoms with Crippen LogP contribution in [0.25, 0.3) is 0 Å². The van der Waals surface area contributed by atoms with Crippen molar-refractivity contribution < 1.29 is 4.79 Å². The number of carbonyl (C=O) groups is 1. The summed E-state index contributed by atoms with van der Waals surface area (Å²) in [7, 11) is 1.96. The largest absolute Gasteiger partial charge is 0.345 e. The summed E-state index contributed by atoms with van der Waals surface area (Å²) in [6.45, 7) is 2.25. The summed E-state index contributed by atoms with van der Waals surface area (Å²) in [6.07, 6.45) is 6.54. The first kappa shape index (κ1) is 13.1.